The summed E-state index contributed by atoms with van der Waals surface area (Å²) in [6.45, 7) is 0. The molecule has 0 aliphatic carbocycles. The lowest BCUT2D eigenvalue weighted by atomic mass is 10.0. The van der Waals surface area contributed by atoms with Crippen molar-refractivity contribution in [2.45, 2.75) is 11.4 Å². The highest BCUT2D eigenvalue weighted by molar-refractivity contribution is 7.90. The summed E-state index contributed by atoms with van der Waals surface area (Å²) < 4.78 is 82.0. The third-order valence-electron chi connectivity index (χ3n) is 3.73. The van der Waals surface area contributed by atoms with Gasteiger partial charge in [0.25, 0.3) is 5.56 Å². The van der Waals surface area contributed by atoms with E-state index in [1.807, 2.05) is 0 Å². The van der Waals surface area contributed by atoms with Gasteiger partial charge in [-0.3, -0.25) is 4.79 Å². The number of sulfone groups is 1. The number of alkyl halides is 3. The van der Waals surface area contributed by atoms with Crippen LogP contribution in [0.25, 0.3) is 22.2 Å². The van der Waals surface area contributed by atoms with Crippen molar-refractivity contribution in [1.29, 1.82) is 0 Å². The number of halogens is 5. The van der Waals surface area contributed by atoms with Crippen LogP contribution >= 0.6 is 11.6 Å². The summed E-state index contributed by atoms with van der Waals surface area (Å²) in [5.41, 5.74) is -4.11. The Bertz CT molecular complexity index is 1250. The number of hydrogen-bond donors (Lipinski definition) is 0. The Kier molecular flexibility index (Phi) is 4.35. The second-order valence-electron chi connectivity index (χ2n) is 5.64. The molecule has 12 heteroatoms. The van der Waals surface area contributed by atoms with E-state index in [9.17, 15) is 30.8 Å². The predicted molar refractivity (Wildman–Crippen MR) is 87.8 cm³/mol. The van der Waals surface area contributed by atoms with Crippen molar-refractivity contribution in [3.63, 3.8) is 0 Å². The van der Waals surface area contributed by atoms with E-state index in [0.29, 0.717) is 10.6 Å². The molecule has 0 bridgehead atoms. The van der Waals surface area contributed by atoms with Crippen LogP contribution < -0.4 is 5.56 Å². The van der Waals surface area contributed by atoms with Crippen LogP contribution in [-0.4, -0.2) is 24.2 Å². The van der Waals surface area contributed by atoms with Gasteiger partial charge in [-0.2, -0.15) is 18.2 Å². The maximum absolute atomic E-state index is 14.5. The van der Waals surface area contributed by atoms with E-state index in [1.54, 1.807) is 0 Å². The molecule has 2 heterocycles. The van der Waals surface area contributed by atoms with Crippen LogP contribution in [0.2, 0.25) is 5.02 Å². The topological polar surface area (TPSA) is 82.2 Å². The highest BCUT2D eigenvalue weighted by Gasteiger charge is 2.34. The Hall–Kier alpha value is -2.40. The molecule has 144 valence electrons. The SMILES string of the molecule is Cn1c(C(F)(F)F)ccc(-c2c(F)cc(Cl)c3nc(S(C)(=O)=O)oc23)c1=O. The summed E-state index contributed by atoms with van der Waals surface area (Å²) in [7, 11) is -3.05. The van der Waals surface area contributed by atoms with E-state index in [0.717, 1.165) is 25.4 Å². The van der Waals surface area contributed by atoms with Gasteiger partial charge in [0.05, 0.1) is 16.1 Å². The zero-order valence-corrected chi connectivity index (χ0v) is 15.1. The quantitative estimate of drug-likeness (QED) is 0.589. The summed E-state index contributed by atoms with van der Waals surface area (Å²) in [5.74, 6) is -1.08. The van der Waals surface area contributed by atoms with Gasteiger partial charge in [-0.05, 0) is 18.2 Å². The number of fused-ring (bicyclic) bond motifs is 1. The van der Waals surface area contributed by atoms with Crippen molar-refractivity contribution in [3.8, 4) is 11.1 Å². The van der Waals surface area contributed by atoms with Gasteiger partial charge in [-0.15, -0.1) is 0 Å². The van der Waals surface area contributed by atoms with Gasteiger partial charge in [0.2, 0.25) is 9.84 Å². The molecule has 0 unspecified atom stereocenters. The molecule has 3 aromatic rings. The van der Waals surface area contributed by atoms with Gasteiger partial charge in [-0.1, -0.05) is 11.6 Å². The molecule has 0 fully saturated rings. The summed E-state index contributed by atoms with van der Waals surface area (Å²) >= 11 is 5.85. The monoisotopic (exact) mass is 424 g/mol. The molecule has 0 N–H and O–H groups in total. The molecule has 0 aliphatic rings. The number of oxazole rings is 1. The van der Waals surface area contributed by atoms with Gasteiger partial charge in [-0.25, -0.2) is 12.8 Å². The van der Waals surface area contributed by atoms with Crippen LogP contribution in [0.4, 0.5) is 17.6 Å². The minimum absolute atomic E-state index is 0.240. The van der Waals surface area contributed by atoms with E-state index in [2.05, 4.69) is 4.98 Å². The first-order chi connectivity index (χ1) is 12.3. The fourth-order valence-electron chi connectivity index (χ4n) is 2.51. The van der Waals surface area contributed by atoms with Gasteiger partial charge in [0.15, 0.2) is 5.58 Å². The van der Waals surface area contributed by atoms with Crippen LogP contribution in [-0.2, 0) is 23.1 Å². The van der Waals surface area contributed by atoms with E-state index < -0.39 is 55.0 Å². The maximum atomic E-state index is 14.5. The average Bonchev–Trinajstić information content (AvgIpc) is 2.95. The van der Waals surface area contributed by atoms with Crippen molar-refractivity contribution < 1.29 is 30.4 Å². The normalized spacial score (nSPS) is 12.7. The number of hydrogen-bond acceptors (Lipinski definition) is 5. The standard InChI is InChI=1S/C15H9ClF4N2O4S/c1-22-9(15(18,19)20)4-3-6(13(22)23)10-8(17)5-7(16)11-12(10)26-14(21-11)27(2,24)25/h3-5H,1-2H3. The van der Waals surface area contributed by atoms with Gasteiger partial charge < -0.3 is 8.98 Å². The molecular formula is C15H9ClF4N2O4S. The van der Waals surface area contributed by atoms with E-state index in [1.165, 1.54) is 0 Å². The van der Waals surface area contributed by atoms with E-state index in [4.69, 9.17) is 16.0 Å². The van der Waals surface area contributed by atoms with E-state index in [-0.39, 0.29) is 10.5 Å². The molecule has 27 heavy (non-hydrogen) atoms. The van der Waals surface area contributed by atoms with Crippen LogP contribution in [0.1, 0.15) is 5.69 Å². The molecule has 0 radical (unpaired) electrons. The highest BCUT2D eigenvalue weighted by Crippen LogP contribution is 2.36. The van der Waals surface area contributed by atoms with Crippen LogP contribution in [0.15, 0.2) is 32.6 Å². The van der Waals surface area contributed by atoms with Crippen molar-refractivity contribution in [1.82, 2.24) is 9.55 Å². The Morgan fingerprint density at radius 1 is 1.26 bits per heavy atom. The molecule has 0 aliphatic heterocycles. The molecule has 0 amide bonds. The molecule has 0 spiro atoms. The number of benzene rings is 1. The second kappa shape index (κ2) is 6.06. The van der Waals surface area contributed by atoms with Crippen LogP contribution in [0, 0.1) is 5.82 Å². The van der Waals surface area contributed by atoms with Gasteiger partial charge in [0, 0.05) is 13.3 Å². The fraction of sp³-hybridized carbons (Fsp3) is 0.200. The molecule has 2 aromatic heterocycles. The summed E-state index contributed by atoms with van der Waals surface area (Å²) in [4.78, 5) is 16.1. The first-order valence-corrected chi connectivity index (χ1v) is 9.35. The Balaban J connectivity index is 2.41. The summed E-state index contributed by atoms with van der Waals surface area (Å²) in [6.07, 6.45) is -4.01. The second-order valence-corrected chi connectivity index (χ2v) is 7.94. The molecule has 3 rings (SSSR count). The molecular weight excluding hydrogens is 416 g/mol. The number of rotatable bonds is 2. The van der Waals surface area contributed by atoms with E-state index >= 15 is 0 Å². The smallest absolute Gasteiger partial charge is 0.427 e. The van der Waals surface area contributed by atoms with Crippen molar-refractivity contribution in [3.05, 3.63) is 45.1 Å². The Labute approximate surface area is 153 Å². The summed E-state index contributed by atoms with van der Waals surface area (Å²) in [5, 5.41) is -1.05. The lowest BCUT2D eigenvalue weighted by Gasteiger charge is -2.13. The zero-order valence-electron chi connectivity index (χ0n) is 13.6. The van der Waals surface area contributed by atoms with Crippen molar-refractivity contribution in [2.75, 3.05) is 6.26 Å². The minimum atomic E-state index is -4.80. The fourth-order valence-corrected chi connectivity index (χ4v) is 3.23. The van der Waals surface area contributed by atoms with Crippen LogP contribution in [0.3, 0.4) is 0 Å². The largest absolute Gasteiger partial charge is 0.431 e. The first-order valence-electron chi connectivity index (χ1n) is 7.08. The Morgan fingerprint density at radius 3 is 2.44 bits per heavy atom. The van der Waals surface area contributed by atoms with Crippen LogP contribution in [0.5, 0.6) is 0 Å². The van der Waals surface area contributed by atoms with Gasteiger partial charge in [0.1, 0.15) is 17.0 Å². The maximum Gasteiger partial charge on any atom is 0.431 e. The molecule has 0 atom stereocenters. The molecule has 0 saturated carbocycles. The average molecular weight is 425 g/mol. The minimum Gasteiger partial charge on any atom is -0.427 e. The third kappa shape index (κ3) is 3.21. The Morgan fingerprint density at radius 2 is 1.89 bits per heavy atom. The van der Waals surface area contributed by atoms with Crippen molar-refractivity contribution in [2.24, 2.45) is 7.05 Å². The lowest BCUT2D eigenvalue weighted by Crippen LogP contribution is -2.26. The third-order valence-corrected chi connectivity index (χ3v) is 4.83. The van der Waals surface area contributed by atoms with Crippen molar-refractivity contribution >= 4 is 32.5 Å². The molecule has 0 saturated heterocycles. The highest BCUT2D eigenvalue weighted by atomic mass is 35.5. The number of aromatic nitrogens is 2. The lowest BCUT2D eigenvalue weighted by molar-refractivity contribution is -0.143. The molecule has 1 aromatic carbocycles. The first kappa shape index (κ1) is 19.4. The number of pyridine rings is 1. The van der Waals surface area contributed by atoms with Gasteiger partial charge >= 0.3 is 11.4 Å². The summed E-state index contributed by atoms with van der Waals surface area (Å²) in [6, 6.07) is 2.15. The molecule has 6 nitrogen and oxygen atoms in total. The zero-order chi connectivity index (χ0) is 20.3. The number of nitrogens with zero attached hydrogens (tertiary/aromatic N) is 2. The predicted octanol–water partition coefficient (Wildman–Crippen LogP) is 3.41.